The first-order valence-electron chi connectivity index (χ1n) is 7.11. The average molecular weight is 232 g/mol. The van der Waals surface area contributed by atoms with E-state index in [9.17, 15) is 0 Å². The highest BCUT2D eigenvalue weighted by Gasteiger charge is 2.20. The van der Waals surface area contributed by atoms with Gasteiger partial charge in [-0.05, 0) is 24.8 Å². The standard InChI is InChI=1S/C16H24O/c1(2-4-9-13-16-14-17-16)3-6-10-15-11-7-5-8-12-15/h5,7-8,11-12,16H,1-4,6,9-10,13-14H2. The number of benzene rings is 1. The lowest BCUT2D eigenvalue weighted by molar-refractivity contribution is 0.387. The van der Waals surface area contributed by atoms with E-state index in [0.717, 1.165) is 6.61 Å². The van der Waals surface area contributed by atoms with Gasteiger partial charge in [0.05, 0.1) is 12.7 Å². The first kappa shape index (κ1) is 12.6. The Morgan fingerprint density at radius 3 is 2.24 bits per heavy atom. The molecule has 0 bridgehead atoms. The van der Waals surface area contributed by atoms with Gasteiger partial charge in [-0.3, -0.25) is 0 Å². The Kier molecular flexibility index (Phi) is 5.57. The van der Waals surface area contributed by atoms with Gasteiger partial charge in [-0.2, -0.15) is 0 Å². The lowest BCUT2D eigenvalue weighted by Gasteiger charge is -2.02. The van der Waals surface area contributed by atoms with Crippen LogP contribution in [0.5, 0.6) is 0 Å². The molecule has 0 aromatic heterocycles. The summed E-state index contributed by atoms with van der Waals surface area (Å²) >= 11 is 0. The molecule has 1 aliphatic heterocycles. The smallest absolute Gasteiger partial charge is 0.0810 e. The third-order valence-electron chi connectivity index (χ3n) is 3.49. The van der Waals surface area contributed by atoms with Gasteiger partial charge >= 0.3 is 0 Å². The van der Waals surface area contributed by atoms with Crippen LogP contribution in [0.1, 0.15) is 50.5 Å². The van der Waals surface area contributed by atoms with Crippen molar-refractivity contribution >= 4 is 0 Å². The zero-order chi connectivity index (χ0) is 11.8. The molecule has 1 atom stereocenters. The molecule has 1 aromatic carbocycles. The summed E-state index contributed by atoms with van der Waals surface area (Å²) in [5, 5.41) is 0. The second-order valence-electron chi connectivity index (χ2n) is 5.10. The number of rotatable bonds is 9. The Morgan fingerprint density at radius 1 is 0.882 bits per heavy atom. The minimum absolute atomic E-state index is 0.632. The highest BCUT2D eigenvalue weighted by molar-refractivity contribution is 5.14. The Balaban J connectivity index is 1.38. The van der Waals surface area contributed by atoms with E-state index in [1.165, 1.54) is 56.9 Å². The highest BCUT2D eigenvalue weighted by Crippen LogP contribution is 2.18. The first-order valence-corrected chi connectivity index (χ1v) is 7.11. The number of hydrogen-bond donors (Lipinski definition) is 0. The molecule has 1 heteroatoms. The molecule has 0 spiro atoms. The number of ether oxygens (including phenoxy) is 1. The molecule has 1 aliphatic rings. The van der Waals surface area contributed by atoms with Gasteiger partial charge in [-0.1, -0.05) is 62.4 Å². The summed E-state index contributed by atoms with van der Waals surface area (Å²) in [7, 11) is 0. The fraction of sp³-hybridized carbons (Fsp3) is 0.625. The molecular weight excluding hydrogens is 208 g/mol. The number of epoxide rings is 1. The predicted molar refractivity (Wildman–Crippen MR) is 72.2 cm³/mol. The molecule has 1 unspecified atom stereocenters. The Labute approximate surface area is 105 Å². The maximum absolute atomic E-state index is 5.20. The van der Waals surface area contributed by atoms with Crippen LogP contribution in [0, 0.1) is 0 Å². The van der Waals surface area contributed by atoms with Gasteiger partial charge in [-0.25, -0.2) is 0 Å². The maximum Gasteiger partial charge on any atom is 0.0810 e. The number of aryl methyl sites for hydroxylation is 1. The van der Waals surface area contributed by atoms with E-state index < -0.39 is 0 Å². The van der Waals surface area contributed by atoms with Crippen molar-refractivity contribution in [2.45, 2.75) is 57.5 Å². The first-order chi connectivity index (χ1) is 8.45. The summed E-state index contributed by atoms with van der Waals surface area (Å²) in [6.45, 7) is 1.02. The number of hydrogen-bond acceptors (Lipinski definition) is 1. The highest BCUT2D eigenvalue weighted by atomic mass is 16.6. The minimum atomic E-state index is 0.632. The van der Waals surface area contributed by atoms with Crippen molar-refractivity contribution in [3.8, 4) is 0 Å². The van der Waals surface area contributed by atoms with Crippen LogP contribution in [0.3, 0.4) is 0 Å². The quantitative estimate of drug-likeness (QED) is 0.455. The van der Waals surface area contributed by atoms with E-state index in [0.29, 0.717) is 6.10 Å². The summed E-state index contributed by atoms with van der Waals surface area (Å²) in [5.74, 6) is 0. The molecule has 2 rings (SSSR count). The average Bonchev–Trinajstić information content (AvgIpc) is 3.18. The van der Waals surface area contributed by atoms with Gasteiger partial charge in [0, 0.05) is 0 Å². The Hall–Kier alpha value is -0.820. The summed E-state index contributed by atoms with van der Waals surface area (Å²) < 4.78 is 5.20. The van der Waals surface area contributed by atoms with Crippen LogP contribution >= 0.6 is 0 Å². The summed E-state index contributed by atoms with van der Waals surface area (Å²) in [4.78, 5) is 0. The molecule has 1 nitrogen and oxygen atoms in total. The van der Waals surface area contributed by atoms with Crippen molar-refractivity contribution in [2.75, 3.05) is 6.61 Å². The minimum Gasteiger partial charge on any atom is -0.373 e. The Morgan fingerprint density at radius 2 is 1.53 bits per heavy atom. The summed E-state index contributed by atoms with van der Waals surface area (Å²) in [5.41, 5.74) is 1.48. The molecule has 1 heterocycles. The van der Waals surface area contributed by atoms with Crippen molar-refractivity contribution in [2.24, 2.45) is 0 Å². The molecule has 94 valence electrons. The van der Waals surface area contributed by atoms with Crippen LogP contribution in [0.4, 0.5) is 0 Å². The van der Waals surface area contributed by atoms with Gasteiger partial charge in [0.15, 0.2) is 0 Å². The molecule has 17 heavy (non-hydrogen) atoms. The molecule has 1 saturated heterocycles. The summed E-state index contributed by atoms with van der Waals surface area (Å²) in [6.07, 6.45) is 11.5. The van der Waals surface area contributed by atoms with E-state index >= 15 is 0 Å². The molecule has 1 fully saturated rings. The molecule has 1 aromatic rings. The Bertz CT molecular complexity index is 290. The van der Waals surface area contributed by atoms with Gasteiger partial charge in [0.1, 0.15) is 0 Å². The fourth-order valence-corrected chi connectivity index (χ4v) is 2.29. The van der Waals surface area contributed by atoms with E-state index in [2.05, 4.69) is 30.3 Å². The zero-order valence-electron chi connectivity index (χ0n) is 10.7. The third kappa shape index (κ3) is 5.88. The van der Waals surface area contributed by atoms with Crippen LogP contribution in [0.15, 0.2) is 30.3 Å². The van der Waals surface area contributed by atoms with Crippen LogP contribution in [0.2, 0.25) is 0 Å². The van der Waals surface area contributed by atoms with Gasteiger partial charge in [0.2, 0.25) is 0 Å². The third-order valence-corrected chi connectivity index (χ3v) is 3.49. The topological polar surface area (TPSA) is 12.5 Å². The largest absolute Gasteiger partial charge is 0.373 e. The van der Waals surface area contributed by atoms with E-state index in [4.69, 9.17) is 4.74 Å². The van der Waals surface area contributed by atoms with Gasteiger partial charge in [0.25, 0.3) is 0 Å². The second kappa shape index (κ2) is 7.50. The molecule has 0 aliphatic carbocycles. The van der Waals surface area contributed by atoms with E-state index in [1.807, 2.05) is 0 Å². The fourth-order valence-electron chi connectivity index (χ4n) is 2.29. The van der Waals surface area contributed by atoms with E-state index in [1.54, 1.807) is 0 Å². The second-order valence-corrected chi connectivity index (χ2v) is 5.10. The lowest BCUT2D eigenvalue weighted by atomic mass is 10.0. The zero-order valence-corrected chi connectivity index (χ0v) is 10.7. The van der Waals surface area contributed by atoms with Crippen molar-refractivity contribution < 1.29 is 4.74 Å². The van der Waals surface area contributed by atoms with Crippen molar-refractivity contribution in [3.05, 3.63) is 35.9 Å². The summed E-state index contributed by atoms with van der Waals surface area (Å²) in [6, 6.07) is 10.8. The normalized spacial score (nSPS) is 18.2. The van der Waals surface area contributed by atoms with Crippen LogP contribution in [0.25, 0.3) is 0 Å². The molecular formula is C16H24O. The molecule has 0 saturated carbocycles. The molecule has 0 N–H and O–H groups in total. The van der Waals surface area contributed by atoms with Crippen molar-refractivity contribution in [1.82, 2.24) is 0 Å². The van der Waals surface area contributed by atoms with Crippen molar-refractivity contribution in [3.63, 3.8) is 0 Å². The monoisotopic (exact) mass is 232 g/mol. The predicted octanol–water partition coefficient (Wildman–Crippen LogP) is 4.36. The maximum atomic E-state index is 5.20. The van der Waals surface area contributed by atoms with Gasteiger partial charge in [-0.15, -0.1) is 0 Å². The lowest BCUT2D eigenvalue weighted by Crippen LogP contribution is -1.87. The van der Waals surface area contributed by atoms with Crippen LogP contribution in [-0.4, -0.2) is 12.7 Å². The van der Waals surface area contributed by atoms with Gasteiger partial charge < -0.3 is 4.74 Å². The molecule has 0 radical (unpaired) electrons. The molecule has 0 amide bonds. The van der Waals surface area contributed by atoms with E-state index in [-0.39, 0.29) is 0 Å². The van der Waals surface area contributed by atoms with Crippen LogP contribution in [-0.2, 0) is 11.2 Å². The SMILES string of the molecule is c1ccc(CCCCCCCCC2CO2)cc1. The number of unbranched alkanes of at least 4 members (excludes halogenated alkanes) is 5. The van der Waals surface area contributed by atoms with Crippen LogP contribution < -0.4 is 0 Å². The van der Waals surface area contributed by atoms with Crippen molar-refractivity contribution in [1.29, 1.82) is 0 Å².